The van der Waals surface area contributed by atoms with Crippen molar-refractivity contribution in [2.75, 3.05) is 5.32 Å². The van der Waals surface area contributed by atoms with Gasteiger partial charge in [0.25, 0.3) is 5.91 Å². The van der Waals surface area contributed by atoms with Crippen LogP contribution in [0.25, 0.3) is 0 Å². The largest absolute Gasteiger partial charge is 0.506 e. The van der Waals surface area contributed by atoms with Crippen LogP contribution in [0.15, 0.2) is 18.2 Å². The van der Waals surface area contributed by atoms with Gasteiger partial charge in [0, 0.05) is 0 Å². The van der Waals surface area contributed by atoms with E-state index >= 15 is 0 Å². The third kappa shape index (κ3) is 3.34. The third-order valence-electron chi connectivity index (χ3n) is 2.74. The van der Waals surface area contributed by atoms with Crippen LogP contribution in [-0.4, -0.2) is 31.7 Å². The van der Waals surface area contributed by atoms with Crippen LogP contribution in [0.1, 0.15) is 39.1 Å². The number of phenolic OH excluding ortho intramolecular Hbond substituents is 1. The maximum Gasteiger partial charge on any atom is 0.335 e. The van der Waals surface area contributed by atoms with Crippen molar-refractivity contribution in [2.24, 2.45) is 0 Å². The smallest absolute Gasteiger partial charge is 0.335 e. The fourth-order valence-corrected chi connectivity index (χ4v) is 2.33. The van der Waals surface area contributed by atoms with Gasteiger partial charge in [-0.1, -0.05) is 17.8 Å². The molecule has 1 amide bonds. The fraction of sp³-hybridized carbons (Fsp3) is 0.231. The summed E-state index contributed by atoms with van der Waals surface area (Å²) in [6.45, 7) is 1.97. The molecule has 0 saturated carbocycles. The van der Waals surface area contributed by atoms with Gasteiger partial charge in [-0.05, 0) is 36.2 Å². The van der Waals surface area contributed by atoms with E-state index in [1.807, 2.05) is 6.92 Å². The minimum Gasteiger partial charge on any atom is -0.506 e. The molecule has 0 aliphatic carbocycles. The number of carboxylic acid groups (broad SMARTS) is 1. The summed E-state index contributed by atoms with van der Waals surface area (Å²) in [6, 6.07) is 3.72. The summed E-state index contributed by atoms with van der Waals surface area (Å²) in [7, 11) is 0. The first kappa shape index (κ1) is 14.9. The Labute approximate surface area is 124 Å². The molecule has 8 heteroatoms. The van der Waals surface area contributed by atoms with E-state index in [0.717, 1.165) is 24.0 Å². The number of carbonyl (C=O) groups excluding carboxylic acids is 1. The maximum atomic E-state index is 12.1. The van der Waals surface area contributed by atoms with Gasteiger partial charge in [-0.2, -0.15) is 0 Å². The number of hydrogen-bond acceptors (Lipinski definition) is 6. The minimum atomic E-state index is -1.15. The Morgan fingerprint density at radius 2 is 2.14 bits per heavy atom. The Balaban J connectivity index is 2.19. The number of rotatable bonds is 5. The van der Waals surface area contributed by atoms with Crippen LogP contribution in [0.4, 0.5) is 5.69 Å². The van der Waals surface area contributed by atoms with E-state index in [0.29, 0.717) is 17.0 Å². The second-order valence-corrected chi connectivity index (χ2v) is 5.04. The van der Waals surface area contributed by atoms with Gasteiger partial charge in [0.1, 0.15) is 10.6 Å². The van der Waals surface area contributed by atoms with E-state index in [-0.39, 0.29) is 17.0 Å². The lowest BCUT2D eigenvalue weighted by Crippen LogP contribution is -2.13. The number of anilines is 1. The zero-order chi connectivity index (χ0) is 15.4. The molecule has 0 aliphatic heterocycles. The van der Waals surface area contributed by atoms with Gasteiger partial charge in [-0.3, -0.25) is 4.79 Å². The first-order valence-corrected chi connectivity index (χ1v) is 6.99. The van der Waals surface area contributed by atoms with Gasteiger partial charge >= 0.3 is 5.97 Å². The quantitative estimate of drug-likeness (QED) is 0.730. The molecule has 0 fully saturated rings. The Morgan fingerprint density at radius 3 is 2.76 bits per heavy atom. The van der Waals surface area contributed by atoms with Crippen molar-refractivity contribution in [3.05, 3.63) is 34.3 Å². The lowest BCUT2D eigenvalue weighted by molar-refractivity contribution is 0.0696. The van der Waals surface area contributed by atoms with E-state index in [4.69, 9.17) is 5.11 Å². The number of aromatic carboxylic acids is 1. The van der Waals surface area contributed by atoms with Crippen molar-refractivity contribution >= 4 is 29.1 Å². The zero-order valence-corrected chi connectivity index (χ0v) is 12.0. The van der Waals surface area contributed by atoms with Gasteiger partial charge in [0.2, 0.25) is 0 Å². The minimum absolute atomic E-state index is 0.0587. The molecule has 0 aliphatic rings. The molecule has 1 aromatic heterocycles. The summed E-state index contributed by atoms with van der Waals surface area (Å²) in [5, 5.41) is 25.0. The molecule has 3 N–H and O–H groups in total. The average molecular weight is 307 g/mol. The van der Waals surface area contributed by atoms with Crippen LogP contribution in [0, 0.1) is 0 Å². The SMILES string of the molecule is CCCc1nnsc1C(=O)Nc1ccc(C(=O)O)cc1O. The molecular weight excluding hydrogens is 294 g/mol. The average Bonchev–Trinajstić information content (AvgIpc) is 2.89. The lowest BCUT2D eigenvalue weighted by Gasteiger charge is -2.07. The van der Waals surface area contributed by atoms with E-state index in [1.165, 1.54) is 12.1 Å². The van der Waals surface area contributed by atoms with Crippen molar-refractivity contribution in [3.8, 4) is 5.75 Å². The first-order valence-electron chi connectivity index (χ1n) is 6.21. The van der Waals surface area contributed by atoms with E-state index in [2.05, 4.69) is 14.9 Å². The molecule has 0 unspecified atom stereocenters. The number of phenols is 1. The second kappa shape index (κ2) is 6.31. The summed E-state index contributed by atoms with van der Waals surface area (Å²) in [5.41, 5.74) is 0.694. The number of nitrogens with zero attached hydrogens (tertiary/aromatic N) is 2. The Bertz CT molecular complexity index is 684. The molecule has 0 spiro atoms. The van der Waals surface area contributed by atoms with E-state index < -0.39 is 11.9 Å². The molecule has 7 nitrogen and oxygen atoms in total. The van der Waals surface area contributed by atoms with Crippen LogP contribution < -0.4 is 5.32 Å². The highest BCUT2D eigenvalue weighted by Gasteiger charge is 2.17. The molecule has 21 heavy (non-hydrogen) atoms. The van der Waals surface area contributed by atoms with Gasteiger partial charge in [0.15, 0.2) is 0 Å². The summed E-state index contributed by atoms with van der Waals surface area (Å²) < 4.78 is 3.75. The normalized spacial score (nSPS) is 10.3. The molecule has 0 radical (unpaired) electrons. The van der Waals surface area contributed by atoms with Crippen LogP contribution in [0.2, 0.25) is 0 Å². The number of carboxylic acids is 1. The maximum absolute atomic E-state index is 12.1. The summed E-state index contributed by atoms with van der Waals surface area (Å²) in [4.78, 5) is 23.3. The van der Waals surface area contributed by atoms with E-state index in [9.17, 15) is 14.7 Å². The Kier molecular flexibility index (Phi) is 4.49. The molecule has 1 aromatic carbocycles. The number of aromatic nitrogens is 2. The Morgan fingerprint density at radius 1 is 1.38 bits per heavy atom. The van der Waals surface area contributed by atoms with Crippen molar-refractivity contribution in [2.45, 2.75) is 19.8 Å². The highest BCUT2D eigenvalue weighted by atomic mass is 32.1. The topological polar surface area (TPSA) is 112 Å². The molecular formula is C13H13N3O4S. The van der Waals surface area contributed by atoms with Gasteiger partial charge in [-0.15, -0.1) is 5.10 Å². The standard InChI is InChI=1S/C13H13N3O4S/c1-2-3-9-11(21-16-15-9)12(18)14-8-5-4-7(13(19)20)6-10(8)17/h4-6,17H,2-3H2,1H3,(H,14,18)(H,19,20). The molecule has 0 bridgehead atoms. The molecule has 2 aromatic rings. The predicted octanol–water partition coefficient (Wildman–Crippen LogP) is 2.15. The van der Waals surface area contributed by atoms with Crippen LogP contribution in [0.5, 0.6) is 5.75 Å². The number of nitrogens with one attached hydrogen (secondary N) is 1. The van der Waals surface area contributed by atoms with Gasteiger partial charge < -0.3 is 15.5 Å². The molecule has 0 atom stereocenters. The number of carbonyl (C=O) groups is 2. The summed E-state index contributed by atoms with van der Waals surface area (Å²) in [5.74, 6) is -1.88. The molecule has 1 heterocycles. The molecule has 110 valence electrons. The van der Waals surface area contributed by atoms with Crippen molar-refractivity contribution in [1.82, 2.24) is 9.59 Å². The summed E-state index contributed by atoms with van der Waals surface area (Å²) >= 11 is 0.982. The highest BCUT2D eigenvalue weighted by Crippen LogP contribution is 2.25. The number of amides is 1. The fourth-order valence-electron chi connectivity index (χ4n) is 1.73. The summed E-state index contributed by atoms with van der Waals surface area (Å²) in [6.07, 6.45) is 1.48. The van der Waals surface area contributed by atoms with Crippen molar-refractivity contribution in [1.29, 1.82) is 0 Å². The number of hydrogen-bond donors (Lipinski definition) is 3. The third-order valence-corrected chi connectivity index (χ3v) is 3.51. The highest BCUT2D eigenvalue weighted by molar-refractivity contribution is 7.08. The Hall–Kier alpha value is -2.48. The van der Waals surface area contributed by atoms with E-state index in [1.54, 1.807) is 0 Å². The number of aryl methyl sites for hydroxylation is 1. The van der Waals surface area contributed by atoms with Crippen LogP contribution in [0.3, 0.4) is 0 Å². The molecule has 2 rings (SSSR count). The number of aromatic hydroxyl groups is 1. The second-order valence-electron chi connectivity index (χ2n) is 4.29. The van der Waals surface area contributed by atoms with Crippen molar-refractivity contribution in [3.63, 3.8) is 0 Å². The zero-order valence-electron chi connectivity index (χ0n) is 11.2. The predicted molar refractivity (Wildman–Crippen MR) is 76.9 cm³/mol. The number of benzene rings is 1. The van der Waals surface area contributed by atoms with Gasteiger partial charge in [-0.25, -0.2) is 4.79 Å². The van der Waals surface area contributed by atoms with Crippen LogP contribution >= 0.6 is 11.5 Å². The lowest BCUT2D eigenvalue weighted by atomic mass is 10.2. The molecule has 0 saturated heterocycles. The van der Waals surface area contributed by atoms with Crippen molar-refractivity contribution < 1.29 is 19.8 Å². The van der Waals surface area contributed by atoms with Crippen LogP contribution in [-0.2, 0) is 6.42 Å². The monoisotopic (exact) mass is 307 g/mol. The first-order chi connectivity index (χ1) is 10.0. The van der Waals surface area contributed by atoms with Gasteiger partial charge in [0.05, 0.1) is 16.9 Å².